The average molecular weight is 228 g/mol. The van der Waals surface area contributed by atoms with E-state index >= 15 is 0 Å². The van der Waals surface area contributed by atoms with Gasteiger partial charge in [-0.15, -0.1) is 0 Å². The van der Waals surface area contributed by atoms with Crippen molar-refractivity contribution in [3.8, 4) is 0 Å². The van der Waals surface area contributed by atoms with Gasteiger partial charge < -0.3 is 4.42 Å². The Kier molecular flexibility index (Phi) is 2.69. The summed E-state index contributed by atoms with van der Waals surface area (Å²) in [7, 11) is 0. The van der Waals surface area contributed by atoms with E-state index in [1.54, 1.807) is 6.20 Å². The SMILES string of the molecule is Cc1cc(Sc2ncco2)nc(Cl)n1. The van der Waals surface area contributed by atoms with Crippen LogP contribution in [0.5, 0.6) is 0 Å². The van der Waals surface area contributed by atoms with Crippen LogP contribution in [-0.4, -0.2) is 15.0 Å². The second-order valence-electron chi connectivity index (χ2n) is 2.52. The Hall–Kier alpha value is -1.07. The lowest BCUT2D eigenvalue weighted by molar-refractivity contribution is 0.454. The average Bonchev–Trinajstić information content (AvgIpc) is 2.54. The lowest BCUT2D eigenvalue weighted by atomic mass is 10.5. The zero-order valence-corrected chi connectivity index (χ0v) is 8.84. The van der Waals surface area contributed by atoms with Gasteiger partial charge in [0.1, 0.15) is 11.3 Å². The molecule has 2 rings (SSSR count). The van der Waals surface area contributed by atoms with Crippen LogP contribution in [0.25, 0.3) is 0 Å². The van der Waals surface area contributed by atoms with Gasteiger partial charge in [0.15, 0.2) is 0 Å². The lowest BCUT2D eigenvalue weighted by Crippen LogP contribution is -1.88. The first-order valence-electron chi connectivity index (χ1n) is 3.82. The topological polar surface area (TPSA) is 51.8 Å². The summed E-state index contributed by atoms with van der Waals surface area (Å²) in [5, 5.41) is 1.50. The molecule has 0 spiro atoms. The van der Waals surface area contributed by atoms with Crippen molar-refractivity contribution in [2.75, 3.05) is 0 Å². The lowest BCUT2D eigenvalue weighted by Gasteiger charge is -1.98. The van der Waals surface area contributed by atoms with Gasteiger partial charge in [-0.25, -0.2) is 15.0 Å². The van der Waals surface area contributed by atoms with E-state index in [2.05, 4.69) is 15.0 Å². The van der Waals surface area contributed by atoms with Gasteiger partial charge in [0.2, 0.25) is 5.28 Å². The monoisotopic (exact) mass is 227 g/mol. The second kappa shape index (κ2) is 3.98. The van der Waals surface area contributed by atoms with Crippen LogP contribution in [0.4, 0.5) is 0 Å². The molecule has 0 aromatic carbocycles. The fourth-order valence-corrected chi connectivity index (χ4v) is 1.94. The highest BCUT2D eigenvalue weighted by atomic mass is 35.5. The number of rotatable bonds is 2. The van der Waals surface area contributed by atoms with Crippen molar-refractivity contribution in [1.29, 1.82) is 0 Å². The maximum absolute atomic E-state index is 5.70. The smallest absolute Gasteiger partial charge is 0.261 e. The summed E-state index contributed by atoms with van der Waals surface area (Å²) in [5.41, 5.74) is 0.819. The quantitative estimate of drug-likeness (QED) is 0.583. The number of aryl methyl sites for hydroxylation is 1. The molecule has 0 N–H and O–H groups in total. The Morgan fingerprint density at radius 3 is 2.93 bits per heavy atom. The molecule has 0 fully saturated rings. The highest BCUT2D eigenvalue weighted by molar-refractivity contribution is 7.99. The minimum atomic E-state index is 0.235. The van der Waals surface area contributed by atoms with Crippen LogP contribution in [0.2, 0.25) is 5.28 Å². The van der Waals surface area contributed by atoms with E-state index in [-0.39, 0.29) is 5.28 Å². The summed E-state index contributed by atoms with van der Waals surface area (Å²) in [6, 6.07) is 1.82. The van der Waals surface area contributed by atoms with Crippen LogP contribution in [0, 0.1) is 6.92 Å². The molecule has 72 valence electrons. The molecule has 2 aromatic rings. The minimum absolute atomic E-state index is 0.235. The molecule has 2 heterocycles. The summed E-state index contributed by atoms with van der Waals surface area (Å²) >= 11 is 7.01. The third-order valence-corrected chi connectivity index (χ3v) is 2.37. The molecule has 4 nitrogen and oxygen atoms in total. The van der Waals surface area contributed by atoms with E-state index in [4.69, 9.17) is 16.0 Å². The van der Waals surface area contributed by atoms with Crippen LogP contribution in [0.15, 0.2) is 33.2 Å². The first-order chi connectivity index (χ1) is 6.74. The number of nitrogens with zero attached hydrogens (tertiary/aromatic N) is 3. The minimum Gasteiger partial charge on any atom is -0.440 e. The van der Waals surface area contributed by atoms with Crippen LogP contribution < -0.4 is 0 Å². The van der Waals surface area contributed by atoms with Crippen molar-refractivity contribution in [3.05, 3.63) is 29.5 Å². The normalized spacial score (nSPS) is 10.4. The Labute approximate surface area is 89.7 Å². The fraction of sp³-hybridized carbons (Fsp3) is 0.125. The molecular formula is C8H6ClN3OS. The maximum Gasteiger partial charge on any atom is 0.261 e. The van der Waals surface area contributed by atoms with Crippen molar-refractivity contribution < 1.29 is 4.42 Å². The summed E-state index contributed by atoms with van der Waals surface area (Å²) in [4.78, 5) is 11.9. The summed E-state index contributed by atoms with van der Waals surface area (Å²) in [6.45, 7) is 1.85. The Morgan fingerprint density at radius 2 is 2.29 bits per heavy atom. The number of oxazole rings is 1. The van der Waals surface area contributed by atoms with Gasteiger partial charge in [-0.05, 0) is 36.4 Å². The predicted octanol–water partition coefficient (Wildman–Crippen LogP) is 2.58. The molecule has 0 unspecified atom stereocenters. The molecule has 0 radical (unpaired) electrons. The Bertz CT molecular complexity index is 412. The second-order valence-corrected chi connectivity index (χ2v) is 3.83. The van der Waals surface area contributed by atoms with E-state index in [1.807, 2.05) is 13.0 Å². The van der Waals surface area contributed by atoms with Gasteiger partial charge in [0.05, 0.1) is 6.20 Å². The molecular weight excluding hydrogens is 222 g/mol. The summed E-state index contributed by atoms with van der Waals surface area (Å²) in [6.07, 6.45) is 3.09. The van der Waals surface area contributed by atoms with Crippen molar-refractivity contribution >= 4 is 23.4 Å². The van der Waals surface area contributed by atoms with Crippen molar-refractivity contribution in [2.24, 2.45) is 0 Å². The number of aromatic nitrogens is 3. The molecule has 14 heavy (non-hydrogen) atoms. The van der Waals surface area contributed by atoms with Crippen molar-refractivity contribution in [3.63, 3.8) is 0 Å². The van der Waals surface area contributed by atoms with E-state index in [1.165, 1.54) is 18.0 Å². The molecule has 0 aliphatic carbocycles. The summed E-state index contributed by atoms with van der Waals surface area (Å²) < 4.78 is 5.07. The molecule has 0 amide bonds. The molecule has 0 aliphatic rings. The molecule has 2 aromatic heterocycles. The first kappa shape index (κ1) is 9.48. The molecule has 0 saturated heterocycles. The standard InChI is InChI=1S/C8H6ClN3OS/c1-5-4-6(12-7(9)11-5)14-8-10-2-3-13-8/h2-4H,1H3. The van der Waals surface area contributed by atoms with E-state index in [0.29, 0.717) is 5.22 Å². The Balaban J connectivity index is 2.25. The predicted molar refractivity (Wildman–Crippen MR) is 52.4 cm³/mol. The van der Waals surface area contributed by atoms with Gasteiger partial charge in [0.25, 0.3) is 5.22 Å². The Morgan fingerprint density at radius 1 is 1.43 bits per heavy atom. The van der Waals surface area contributed by atoms with Crippen molar-refractivity contribution in [2.45, 2.75) is 17.2 Å². The maximum atomic E-state index is 5.70. The van der Waals surface area contributed by atoms with E-state index < -0.39 is 0 Å². The van der Waals surface area contributed by atoms with Gasteiger partial charge in [-0.3, -0.25) is 0 Å². The van der Waals surface area contributed by atoms with Crippen LogP contribution in [-0.2, 0) is 0 Å². The van der Waals surface area contributed by atoms with Crippen LogP contribution in [0.3, 0.4) is 0 Å². The van der Waals surface area contributed by atoms with Crippen LogP contribution >= 0.6 is 23.4 Å². The highest BCUT2D eigenvalue weighted by Gasteiger charge is 2.05. The van der Waals surface area contributed by atoms with Gasteiger partial charge >= 0.3 is 0 Å². The zero-order chi connectivity index (χ0) is 9.97. The van der Waals surface area contributed by atoms with E-state index in [9.17, 15) is 0 Å². The number of halogens is 1. The highest BCUT2D eigenvalue weighted by Crippen LogP contribution is 2.25. The molecule has 0 atom stereocenters. The zero-order valence-electron chi connectivity index (χ0n) is 7.27. The van der Waals surface area contributed by atoms with Gasteiger partial charge in [-0.1, -0.05) is 0 Å². The molecule has 0 saturated carbocycles. The first-order valence-corrected chi connectivity index (χ1v) is 5.02. The summed E-state index contributed by atoms with van der Waals surface area (Å²) in [5.74, 6) is 0. The third-order valence-electron chi connectivity index (χ3n) is 1.40. The van der Waals surface area contributed by atoms with Crippen LogP contribution in [0.1, 0.15) is 5.69 Å². The molecule has 0 bridgehead atoms. The molecule has 0 aliphatic heterocycles. The van der Waals surface area contributed by atoms with Crippen molar-refractivity contribution in [1.82, 2.24) is 15.0 Å². The van der Waals surface area contributed by atoms with E-state index in [0.717, 1.165) is 10.7 Å². The third kappa shape index (κ3) is 2.24. The number of hydrogen-bond acceptors (Lipinski definition) is 5. The number of hydrogen-bond donors (Lipinski definition) is 0. The largest absolute Gasteiger partial charge is 0.440 e. The van der Waals surface area contributed by atoms with Gasteiger partial charge in [-0.2, -0.15) is 0 Å². The van der Waals surface area contributed by atoms with Gasteiger partial charge in [0, 0.05) is 5.69 Å². The fourth-order valence-electron chi connectivity index (χ4n) is 0.907. The molecule has 6 heteroatoms.